The molecule has 0 aliphatic rings. The monoisotopic (exact) mass is 360 g/mol. The van der Waals surface area contributed by atoms with E-state index < -0.39 is 0 Å². The Balaban J connectivity index is 2.10. The minimum Gasteiger partial charge on any atom is -0.350 e. The molecule has 0 spiro atoms. The molecule has 1 amide bonds. The van der Waals surface area contributed by atoms with Crippen LogP contribution in [0.5, 0.6) is 0 Å². The Morgan fingerprint density at radius 3 is 2.48 bits per heavy atom. The van der Waals surface area contributed by atoms with Crippen LogP contribution in [0.1, 0.15) is 29.8 Å². The van der Waals surface area contributed by atoms with Gasteiger partial charge in [-0.2, -0.15) is 0 Å². The molecule has 0 atom stereocenters. The third-order valence-corrected chi connectivity index (χ3v) is 4.17. The molecule has 2 aromatic carbocycles. The molecule has 0 unspecified atom stereocenters. The lowest BCUT2D eigenvalue weighted by Crippen LogP contribution is -2.32. The number of amides is 1. The zero-order valence-electron chi connectivity index (χ0n) is 16.1. The maximum absolute atomic E-state index is 12.7. The normalized spacial score (nSPS) is 10.7. The Labute approximate surface area is 160 Å². The van der Waals surface area contributed by atoms with E-state index in [-0.39, 0.29) is 11.9 Å². The number of anilines is 2. The van der Waals surface area contributed by atoms with E-state index in [1.807, 2.05) is 87.3 Å². The summed E-state index contributed by atoms with van der Waals surface area (Å²) in [6.07, 6.45) is 1.61. The van der Waals surface area contributed by atoms with E-state index in [1.165, 1.54) is 0 Å². The van der Waals surface area contributed by atoms with Crippen molar-refractivity contribution in [1.82, 2.24) is 15.3 Å². The third-order valence-electron chi connectivity index (χ3n) is 4.17. The molecule has 1 aromatic heterocycles. The van der Waals surface area contributed by atoms with Crippen LogP contribution in [0.25, 0.3) is 11.4 Å². The van der Waals surface area contributed by atoms with E-state index in [0.29, 0.717) is 17.2 Å². The SMILES string of the molecule is Cc1cccc(-c2ncc(C(=O)NC(C)C)c(N(C)c3ccccc3)n2)c1. The van der Waals surface area contributed by atoms with E-state index >= 15 is 0 Å². The number of nitrogens with one attached hydrogen (secondary N) is 1. The number of carbonyl (C=O) groups is 1. The van der Waals surface area contributed by atoms with Crippen molar-refractivity contribution in [2.45, 2.75) is 26.8 Å². The second-order valence-corrected chi connectivity index (χ2v) is 6.82. The van der Waals surface area contributed by atoms with Crippen LogP contribution in [0.15, 0.2) is 60.8 Å². The average molecular weight is 360 g/mol. The van der Waals surface area contributed by atoms with Crippen molar-refractivity contribution in [3.05, 3.63) is 71.9 Å². The zero-order chi connectivity index (χ0) is 19.4. The predicted octanol–water partition coefficient (Wildman–Crippen LogP) is 4.36. The molecule has 1 N–H and O–H groups in total. The minimum atomic E-state index is -0.182. The van der Waals surface area contributed by atoms with Gasteiger partial charge in [0.05, 0.1) is 0 Å². The highest BCUT2D eigenvalue weighted by Gasteiger charge is 2.20. The molecule has 0 aliphatic heterocycles. The van der Waals surface area contributed by atoms with Gasteiger partial charge < -0.3 is 10.2 Å². The Morgan fingerprint density at radius 1 is 1.07 bits per heavy atom. The lowest BCUT2D eigenvalue weighted by Gasteiger charge is -2.22. The van der Waals surface area contributed by atoms with Crippen LogP contribution >= 0.6 is 0 Å². The van der Waals surface area contributed by atoms with Crippen molar-refractivity contribution in [3.8, 4) is 11.4 Å². The molecule has 3 aromatic rings. The number of carbonyl (C=O) groups excluding carboxylic acids is 1. The Morgan fingerprint density at radius 2 is 1.81 bits per heavy atom. The van der Waals surface area contributed by atoms with Crippen LogP contribution in [0, 0.1) is 6.92 Å². The summed E-state index contributed by atoms with van der Waals surface area (Å²) in [7, 11) is 1.91. The molecular formula is C22H24N4O. The first-order valence-corrected chi connectivity index (χ1v) is 8.99. The largest absolute Gasteiger partial charge is 0.350 e. The number of hydrogen-bond donors (Lipinski definition) is 1. The third kappa shape index (κ3) is 4.31. The molecule has 1 heterocycles. The molecule has 0 aliphatic carbocycles. The summed E-state index contributed by atoms with van der Waals surface area (Å²) >= 11 is 0. The van der Waals surface area contributed by atoms with E-state index in [2.05, 4.69) is 10.3 Å². The van der Waals surface area contributed by atoms with Gasteiger partial charge in [0, 0.05) is 30.5 Å². The van der Waals surface area contributed by atoms with Gasteiger partial charge in [0.25, 0.3) is 5.91 Å². The number of aryl methyl sites for hydroxylation is 1. The van der Waals surface area contributed by atoms with Crippen LogP contribution in [0.3, 0.4) is 0 Å². The fourth-order valence-electron chi connectivity index (χ4n) is 2.83. The van der Waals surface area contributed by atoms with Crippen molar-refractivity contribution >= 4 is 17.4 Å². The summed E-state index contributed by atoms with van der Waals surface area (Å²) < 4.78 is 0. The van der Waals surface area contributed by atoms with Gasteiger partial charge in [-0.25, -0.2) is 9.97 Å². The molecule has 0 bridgehead atoms. The molecule has 27 heavy (non-hydrogen) atoms. The number of rotatable bonds is 5. The molecule has 3 rings (SSSR count). The molecule has 0 saturated carbocycles. The standard InChI is InChI=1S/C22H24N4O/c1-15(2)24-22(27)19-14-23-20(17-10-8-9-16(3)13-17)25-21(19)26(4)18-11-6-5-7-12-18/h5-15H,1-4H3,(H,24,27). The first-order chi connectivity index (χ1) is 13.0. The number of aromatic nitrogens is 2. The van der Waals surface area contributed by atoms with Gasteiger partial charge in [-0.3, -0.25) is 4.79 Å². The van der Waals surface area contributed by atoms with Crippen molar-refractivity contribution in [3.63, 3.8) is 0 Å². The van der Waals surface area contributed by atoms with Gasteiger partial charge in [0.1, 0.15) is 11.4 Å². The molecule has 0 radical (unpaired) electrons. The lowest BCUT2D eigenvalue weighted by molar-refractivity contribution is 0.0943. The van der Waals surface area contributed by atoms with Crippen LogP contribution in [-0.2, 0) is 0 Å². The summed E-state index contributed by atoms with van der Waals surface area (Å²) in [5, 5.41) is 2.93. The van der Waals surface area contributed by atoms with Gasteiger partial charge in [-0.15, -0.1) is 0 Å². The molecular weight excluding hydrogens is 336 g/mol. The predicted molar refractivity (Wildman–Crippen MR) is 109 cm³/mol. The highest BCUT2D eigenvalue weighted by Crippen LogP contribution is 2.27. The Hall–Kier alpha value is -3.21. The fourth-order valence-corrected chi connectivity index (χ4v) is 2.83. The summed E-state index contributed by atoms with van der Waals surface area (Å²) in [5.41, 5.74) is 3.46. The van der Waals surface area contributed by atoms with Gasteiger partial charge in [-0.1, -0.05) is 42.0 Å². The van der Waals surface area contributed by atoms with Crippen molar-refractivity contribution < 1.29 is 4.79 Å². The highest BCUT2D eigenvalue weighted by molar-refractivity contribution is 5.99. The van der Waals surface area contributed by atoms with Crippen molar-refractivity contribution in [1.29, 1.82) is 0 Å². The second kappa shape index (κ2) is 7.99. The van der Waals surface area contributed by atoms with Crippen molar-refractivity contribution in [2.24, 2.45) is 0 Å². The summed E-state index contributed by atoms with van der Waals surface area (Å²) in [5.74, 6) is 0.988. The van der Waals surface area contributed by atoms with E-state index in [0.717, 1.165) is 16.8 Å². The molecule has 0 fully saturated rings. The maximum Gasteiger partial charge on any atom is 0.256 e. The van der Waals surface area contributed by atoms with Gasteiger partial charge >= 0.3 is 0 Å². The number of benzene rings is 2. The van der Waals surface area contributed by atoms with Crippen LogP contribution in [0.4, 0.5) is 11.5 Å². The summed E-state index contributed by atoms with van der Waals surface area (Å²) in [6, 6.07) is 17.9. The first-order valence-electron chi connectivity index (χ1n) is 8.99. The van der Waals surface area contributed by atoms with E-state index in [9.17, 15) is 4.79 Å². The highest BCUT2D eigenvalue weighted by atomic mass is 16.1. The van der Waals surface area contributed by atoms with E-state index in [1.54, 1.807) is 6.20 Å². The van der Waals surface area contributed by atoms with Gasteiger partial charge in [0.2, 0.25) is 0 Å². The molecule has 5 nitrogen and oxygen atoms in total. The second-order valence-electron chi connectivity index (χ2n) is 6.82. The number of para-hydroxylation sites is 1. The van der Waals surface area contributed by atoms with Gasteiger partial charge in [-0.05, 0) is 39.0 Å². The van der Waals surface area contributed by atoms with Gasteiger partial charge in [0.15, 0.2) is 5.82 Å². The van der Waals surface area contributed by atoms with Crippen LogP contribution in [0.2, 0.25) is 0 Å². The number of hydrogen-bond acceptors (Lipinski definition) is 4. The maximum atomic E-state index is 12.7. The topological polar surface area (TPSA) is 58.1 Å². The molecule has 0 saturated heterocycles. The minimum absolute atomic E-state index is 0.0313. The quantitative estimate of drug-likeness (QED) is 0.734. The van der Waals surface area contributed by atoms with Crippen molar-refractivity contribution in [2.75, 3.05) is 11.9 Å². The first kappa shape index (κ1) is 18.6. The zero-order valence-corrected chi connectivity index (χ0v) is 16.1. The Bertz CT molecular complexity index is 938. The average Bonchev–Trinajstić information content (AvgIpc) is 2.67. The van der Waals surface area contributed by atoms with Crippen LogP contribution in [-0.4, -0.2) is 29.0 Å². The smallest absolute Gasteiger partial charge is 0.256 e. The Kier molecular flexibility index (Phi) is 5.50. The van der Waals surface area contributed by atoms with Crippen LogP contribution < -0.4 is 10.2 Å². The lowest BCUT2D eigenvalue weighted by atomic mass is 10.1. The molecule has 5 heteroatoms. The van der Waals surface area contributed by atoms with E-state index in [4.69, 9.17) is 4.98 Å². The number of nitrogens with zero attached hydrogens (tertiary/aromatic N) is 3. The molecule has 138 valence electrons. The summed E-state index contributed by atoms with van der Waals surface area (Å²) in [4.78, 5) is 23.8. The fraction of sp³-hybridized carbons (Fsp3) is 0.227. The summed E-state index contributed by atoms with van der Waals surface area (Å²) in [6.45, 7) is 5.89.